The first kappa shape index (κ1) is 31.0. The molecule has 1 fully saturated rings. The lowest BCUT2D eigenvalue weighted by atomic mass is 9.99. The normalized spacial score (nSPS) is 17.3. The number of urea groups is 1. The fourth-order valence-electron chi connectivity index (χ4n) is 5.28. The van der Waals surface area contributed by atoms with Crippen molar-refractivity contribution in [3.8, 4) is 5.75 Å². The van der Waals surface area contributed by atoms with Crippen LogP contribution in [0.3, 0.4) is 0 Å². The number of likely N-dealkylation sites (N-methyl/N-ethyl adjacent to an activating group) is 1. The van der Waals surface area contributed by atoms with Crippen LogP contribution < -0.4 is 5.32 Å². The molecule has 10 heteroatoms. The molecular formula is C32H38ClN5O4. The minimum atomic E-state index is -0.572. The van der Waals surface area contributed by atoms with Crippen molar-refractivity contribution in [2.75, 3.05) is 26.7 Å². The van der Waals surface area contributed by atoms with E-state index in [2.05, 4.69) is 5.32 Å². The standard InChI is InChI=1S/C32H38ClN5O4/c1-3-16-38(32(42)34-21-25-8-5-4-6-9-25)37(17-18-39)30-23-36(22-26-10-7-11-27(33)19-26)31(41)29(35(30)2)20-24-12-14-28(40)15-13-24/h4-15,18-19,29-30,40H,3,16-17,20-23H2,1-2H3,(H,34,42)/t29-,30-/m0/s1. The highest BCUT2D eigenvalue weighted by atomic mass is 35.5. The molecule has 0 saturated carbocycles. The van der Waals surface area contributed by atoms with Crippen molar-refractivity contribution >= 4 is 29.8 Å². The Balaban J connectivity index is 1.65. The summed E-state index contributed by atoms with van der Waals surface area (Å²) >= 11 is 6.25. The predicted molar refractivity (Wildman–Crippen MR) is 162 cm³/mol. The van der Waals surface area contributed by atoms with Gasteiger partial charge in [-0.25, -0.2) is 4.79 Å². The molecule has 3 aromatic carbocycles. The van der Waals surface area contributed by atoms with Crippen LogP contribution in [0.15, 0.2) is 78.9 Å². The lowest BCUT2D eigenvalue weighted by Gasteiger charge is -2.50. The lowest BCUT2D eigenvalue weighted by Crippen LogP contribution is -2.69. The molecule has 0 aromatic heterocycles. The molecule has 0 aliphatic carbocycles. The Morgan fingerprint density at radius 1 is 1.05 bits per heavy atom. The van der Waals surface area contributed by atoms with Crippen molar-refractivity contribution in [1.29, 1.82) is 0 Å². The van der Waals surface area contributed by atoms with Gasteiger partial charge < -0.3 is 20.1 Å². The quantitative estimate of drug-likeness (QED) is 0.241. The van der Waals surface area contributed by atoms with Gasteiger partial charge in [0.05, 0.1) is 25.3 Å². The van der Waals surface area contributed by atoms with Gasteiger partial charge in [-0.1, -0.05) is 73.1 Å². The molecule has 9 nitrogen and oxygen atoms in total. The number of carbonyl (C=O) groups is 3. The zero-order valence-electron chi connectivity index (χ0n) is 24.0. The number of carbonyl (C=O) groups excluding carboxylic acids is 3. The smallest absolute Gasteiger partial charge is 0.332 e. The second-order valence-corrected chi connectivity index (χ2v) is 10.9. The molecule has 42 heavy (non-hydrogen) atoms. The number of nitrogens with one attached hydrogen (secondary N) is 1. The monoisotopic (exact) mass is 591 g/mol. The Morgan fingerprint density at radius 3 is 2.43 bits per heavy atom. The van der Waals surface area contributed by atoms with Crippen LogP contribution >= 0.6 is 11.6 Å². The van der Waals surface area contributed by atoms with Crippen LogP contribution in [-0.4, -0.2) is 82.0 Å². The number of nitrogens with zero attached hydrogens (tertiary/aromatic N) is 4. The van der Waals surface area contributed by atoms with Crippen LogP contribution in [0.4, 0.5) is 4.79 Å². The van der Waals surface area contributed by atoms with Crippen LogP contribution in [0, 0.1) is 0 Å². The molecule has 3 amide bonds. The number of piperazine rings is 1. The number of halogens is 1. The van der Waals surface area contributed by atoms with Gasteiger partial charge in [-0.05, 0) is 60.8 Å². The number of amides is 3. The van der Waals surface area contributed by atoms with E-state index in [4.69, 9.17) is 11.6 Å². The molecule has 1 aliphatic rings. The van der Waals surface area contributed by atoms with Crippen molar-refractivity contribution in [2.45, 2.75) is 45.1 Å². The molecule has 0 spiro atoms. The number of hydrazine groups is 1. The van der Waals surface area contributed by atoms with E-state index in [9.17, 15) is 19.5 Å². The molecule has 0 radical (unpaired) electrons. The van der Waals surface area contributed by atoms with E-state index in [1.807, 2.05) is 67.4 Å². The second-order valence-electron chi connectivity index (χ2n) is 10.4. The van der Waals surface area contributed by atoms with Gasteiger partial charge in [0.25, 0.3) is 0 Å². The van der Waals surface area contributed by atoms with Crippen LogP contribution in [0.5, 0.6) is 5.75 Å². The molecule has 0 unspecified atom stereocenters. The Bertz CT molecular complexity index is 1340. The maximum Gasteiger partial charge on any atom is 0.332 e. The van der Waals surface area contributed by atoms with Crippen molar-refractivity contribution in [3.05, 3.63) is 101 Å². The highest BCUT2D eigenvalue weighted by molar-refractivity contribution is 6.30. The number of rotatable bonds is 12. The van der Waals surface area contributed by atoms with E-state index in [0.717, 1.165) is 23.0 Å². The van der Waals surface area contributed by atoms with E-state index >= 15 is 0 Å². The highest BCUT2D eigenvalue weighted by Gasteiger charge is 2.43. The molecule has 1 aliphatic heterocycles. The fourth-order valence-corrected chi connectivity index (χ4v) is 5.49. The summed E-state index contributed by atoms with van der Waals surface area (Å²) in [6.07, 6.45) is 1.38. The minimum Gasteiger partial charge on any atom is -0.508 e. The molecule has 2 atom stereocenters. The van der Waals surface area contributed by atoms with Crippen molar-refractivity contribution in [1.82, 2.24) is 25.1 Å². The number of hydrogen-bond acceptors (Lipinski definition) is 6. The first-order chi connectivity index (χ1) is 20.3. The second kappa shape index (κ2) is 14.8. The first-order valence-electron chi connectivity index (χ1n) is 14.1. The molecule has 4 rings (SSSR count). The summed E-state index contributed by atoms with van der Waals surface area (Å²) in [5, 5.41) is 16.7. The summed E-state index contributed by atoms with van der Waals surface area (Å²) in [6.45, 7) is 3.29. The van der Waals surface area contributed by atoms with Crippen molar-refractivity contribution in [2.24, 2.45) is 0 Å². The third-order valence-electron chi connectivity index (χ3n) is 7.44. The summed E-state index contributed by atoms with van der Waals surface area (Å²) in [4.78, 5) is 43.2. The van der Waals surface area contributed by atoms with Gasteiger partial charge in [0.1, 0.15) is 12.0 Å². The van der Waals surface area contributed by atoms with E-state index in [0.29, 0.717) is 37.5 Å². The number of phenolic OH excluding ortho intramolecular Hbond substituents is 1. The van der Waals surface area contributed by atoms with Crippen molar-refractivity contribution < 1.29 is 19.5 Å². The Labute approximate surface area is 252 Å². The Kier molecular flexibility index (Phi) is 10.9. The molecule has 222 valence electrons. The molecule has 0 bridgehead atoms. The third kappa shape index (κ3) is 7.88. The average molecular weight is 592 g/mol. The molecule has 1 heterocycles. The van der Waals surface area contributed by atoms with Crippen LogP contribution in [-0.2, 0) is 29.1 Å². The average Bonchev–Trinajstić information content (AvgIpc) is 2.99. The van der Waals surface area contributed by atoms with Crippen LogP contribution in [0.25, 0.3) is 0 Å². The Morgan fingerprint density at radius 2 is 1.76 bits per heavy atom. The summed E-state index contributed by atoms with van der Waals surface area (Å²) in [5.41, 5.74) is 2.73. The van der Waals surface area contributed by atoms with Gasteiger partial charge in [0.2, 0.25) is 5.91 Å². The largest absolute Gasteiger partial charge is 0.508 e. The lowest BCUT2D eigenvalue weighted by molar-refractivity contribution is -0.162. The number of aldehydes is 1. The minimum absolute atomic E-state index is 0.0289. The SMILES string of the molecule is CCCN(C(=O)NCc1ccccc1)N(CC=O)[C@H]1CN(Cc2cccc(Cl)c2)C(=O)[C@H](Cc2ccc(O)cc2)N1C. The number of benzene rings is 3. The topological polar surface area (TPSA) is 96.4 Å². The molecule has 2 N–H and O–H groups in total. The number of phenols is 1. The van der Waals surface area contributed by atoms with E-state index in [1.165, 1.54) is 0 Å². The predicted octanol–water partition coefficient (Wildman–Crippen LogP) is 4.29. The van der Waals surface area contributed by atoms with E-state index in [-0.39, 0.29) is 30.8 Å². The van der Waals surface area contributed by atoms with Gasteiger partial charge in [-0.3, -0.25) is 14.7 Å². The van der Waals surface area contributed by atoms with E-state index < -0.39 is 12.2 Å². The molecular weight excluding hydrogens is 554 g/mol. The summed E-state index contributed by atoms with van der Waals surface area (Å²) in [5.74, 6) is 0.0832. The molecule has 1 saturated heterocycles. The maximum absolute atomic E-state index is 13.9. The van der Waals surface area contributed by atoms with Crippen LogP contribution in [0.2, 0.25) is 5.02 Å². The Hall–Kier alpha value is -3.92. The zero-order valence-corrected chi connectivity index (χ0v) is 24.8. The molecule has 3 aromatic rings. The highest BCUT2D eigenvalue weighted by Crippen LogP contribution is 2.26. The van der Waals surface area contributed by atoms with Gasteiger partial charge in [0, 0.05) is 24.7 Å². The van der Waals surface area contributed by atoms with Gasteiger partial charge >= 0.3 is 6.03 Å². The van der Waals surface area contributed by atoms with E-state index in [1.54, 1.807) is 45.2 Å². The maximum atomic E-state index is 13.9. The van der Waals surface area contributed by atoms with Gasteiger partial charge in [0.15, 0.2) is 0 Å². The van der Waals surface area contributed by atoms with Gasteiger partial charge in [-0.15, -0.1) is 0 Å². The fraction of sp³-hybridized carbons (Fsp3) is 0.344. The number of hydrogen-bond donors (Lipinski definition) is 2. The summed E-state index contributed by atoms with van der Waals surface area (Å²) in [6, 6.07) is 22.9. The zero-order chi connectivity index (χ0) is 30.1. The first-order valence-corrected chi connectivity index (χ1v) is 14.5. The van der Waals surface area contributed by atoms with Crippen LogP contribution in [0.1, 0.15) is 30.0 Å². The summed E-state index contributed by atoms with van der Waals surface area (Å²) < 4.78 is 0. The summed E-state index contributed by atoms with van der Waals surface area (Å²) in [7, 11) is 1.86. The van der Waals surface area contributed by atoms with Crippen molar-refractivity contribution in [3.63, 3.8) is 0 Å². The number of aromatic hydroxyl groups is 1. The third-order valence-corrected chi connectivity index (χ3v) is 7.68. The van der Waals surface area contributed by atoms with Gasteiger partial charge in [-0.2, -0.15) is 5.01 Å².